The summed E-state index contributed by atoms with van der Waals surface area (Å²) in [6.45, 7) is 1.07. The number of fused-ring (bicyclic) bond motifs is 1. The predicted octanol–water partition coefficient (Wildman–Crippen LogP) is 2.06. The fourth-order valence-electron chi connectivity index (χ4n) is 3.93. The topological polar surface area (TPSA) is 95.5 Å². The molecule has 8 nitrogen and oxygen atoms in total. The predicted molar refractivity (Wildman–Crippen MR) is 114 cm³/mol. The maximum absolute atomic E-state index is 12.9. The van der Waals surface area contributed by atoms with Crippen molar-refractivity contribution in [3.63, 3.8) is 0 Å². The lowest BCUT2D eigenvalue weighted by atomic mass is 10.0. The Bertz CT molecular complexity index is 1230. The van der Waals surface area contributed by atoms with Gasteiger partial charge in [0.25, 0.3) is 5.91 Å². The zero-order valence-corrected chi connectivity index (χ0v) is 17.7. The second-order valence-electron chi connectivity index (χ2n) is 7.65. The highest BCUT2D eigenvalue weighted by atomic mass is 32.2. The minimum absolute atomic E-state index is 0.0327. The van der Waals surface area contributed by atoms with Crippen LogP contribution in [0.2, 0.25) is 0 Å². The normalized spacial score (nSPS) is 15.8. The molecule has 158 valence electrons. The minimum Gasteiger partial charge on any atom is -0.338 e. The van der Waals surface area contributed by atoms with E-state index in [1.165, 1.54) is 26.2 Å². The summed E-state index contributed by atoms with van der Waals surface area (Å²) in [6, 6.07) is 13.7. The molecule has 2 aromatic carbocycles. The van der Waals surface area contributed by atoms with Gasteiger partial charge in [0.2, 0.25) is 10.0 Å². The van der Waals surface area contributed by atoms with E-state index in [4.69, 9.17) is 0 Å². The van der Waals surface area contributed by atoms with E-state index in [9.17, 15) is 18.0 Å². The molecule has 0 aliphatic carbocycles. The number of benzene rings is 2. The first-order valence-electron chi connectivity index (χ1n) is 9.80. The maximum atomic E-state index is 12.9. The zero-order valence-electron chi connectivity index (χ0n) is 16.9. The Morgan fingerprint density at radius 3 is 2.30 bits per heavy atom. The van der Waals surface area contributed by atoms with E-state index in [-0.39, 0.29) is 22.5 Å². The van der Waals surface area contributed by atoms with Gasteiger partial charge in [-0.1, -0.05) is 12.1 Å². The van der Waals surface area contributed by atoms with Crippen LogP contribution in [0.15, 0.2) is 58.2 Å². The Kier molecular flexibility index (Phi) is 5.25. The number of amides is 1. The third-order valence-corrected chi connectivity index (χ3v) is 7.45. The van der Waals surface area contributed by atoms with E-state index in [2.05, 4.69) is 4.98 Å². The van der Waals surface area contributed by atoms with Crippen LogP contribution in [0.5, 0.6) is 0 Å². The Morgan fingerprint density at radius 1 is 1.03 bits per heavy atom. The van der Waals surface area contributed by atoms with Gasteiger partial charge in [0.1, 0.15) is 0 Å². The van der Waals surface area contributed by atoms with Crippen molar-refractivity contribution in [2.24, 2.45) is 0 Å². The summed E-state index contributed by atoms with van der Waals surface area (Å²) in [7, 11) is -0.586. The van der Waals surface area contributed by atoms with Crippen LogP contribution in [0.25, 0.3) is 11.0 Å². The van der Waals surface area contributed by atoms with Crippen molar-refractivity contribution in [1.82, 2.24) is 18.8 Å². The second-order valence-corrected chi connectivity index (χ2v) is 9.80. The first-order chi connectivity index (χ1) is 14.3. The molecule has 0 radical (unpaired) electrons. The number of para-hydroxylation sites is 2. The van der Waals surface area contributed by atoms with Gasteiger partial charge in [0, 0.05) is 38.8 Å². The van der Waals surface area contributed by atoms with Gasteiger partial charge >= 0.3 is 5.69 Å². The first-order valence-corrected chi connectivity index (χ1v) is 11.2. The summed E-state index contributed by atoms with van der Waals surface area (Å²) in [5.74, 6) is -0.131. The molecule has 1 amide bonds. The van der Waals surface area contributed by atoms with E-state index in [1.807, 2.05) is 24.3 Å². The minimum atomic E-state index is -3.53. The molecule has 2 heterocycles. The van der Waals surface area contributed by atoms with Crippen LogP contribution in [0, 0.1) is 0 Å². The Balaban J connectivity index is 1.47. The van der Waals surface area contributed by atoms with E-state index in [1.54, 1.807) is 21.6 Å². The highest BCUT2D eigenvalue weighted by molar-refractivity contribution is 7.89. The molecule has 0 spiro atoms. The lowest BCUT2D eigenvalue weighted by Crippen LogP contribution is -2.40. The number of aromatic nitrogens is 2. The van der Waals surface area contributed by atoms with Crippen LogP contribution in [-0.4, -0.2) is 60.3 Å². The van der Waals surface area contributed by atoms with Crippen molar-refractivity contribution < 1.29 is 13.2 Å². The van der Waals surface area contributed by atoms with E-state index in [0.717, 1.165) is 15.3 Å². The molecule has 0 atom stereocenters. The third-order valence-electron chi connectivity index (χ3n) is 5.62. The quantitative estimate of drug-likeness (QED) is 0.688. The van der Waals surface area contributed by atoms with Crippen molar-refractivity contribution in [1.29, 1.82) is 0 Å². The highest BCUT2D eigenvalue weighted by Gasteiger charge is 2.27. The smallest absolute Gasteiger partial charge is 0.326 e. The lowest BCUT2D eigenvalue weighted by Gasteiger charge is -2.32. The molecule has 0 saturated carbocycles. The molecule has 0 bridgehead atoms. The molecule has 1 saturated heterocycles. The van der Waals surface area contributed by atoms with Gasteiger partial charge in [-0.15, -0.1) is 0 Å². The van der Waals surface area contributed by atoms with Crippen LogP contribution in [0.3, 0.4) is 0 Å². The molecular weight excluding hydrogens is 404 g/mol. The molecular formula is C21H24N4O4S. The lowest BCUT2D eigenvalue weighted by molar-refractivity contribution is 0.0695. The number of hydrogen-bond donors (Lipinski definition) is 1. The van der Waals surface area contributed by atoms with Gasteiger partial charge < -0.3 is 9.88 Å². The number of aromatic amines is 1. The van der Waals surface area contributed by atoms with Crippen LogP contribution < -0.4 is 5.69 Å². The summed E-state index contributed by atoms with van der Waals surface area (Å²) in [4.78, 5) is 30.1. The molecule has 9 heteroatoms. The fraction of sp³-hybridized carbons (Fsp3) is 0.333. The average Bonchev–Trinajstić information content (AvgIpc) is 3.09. The first kappa shape index (κ1) is 20.4. The van der Waals surface area contributed by atoms with Gasteiger partial charge in [-0.3, -0.25) is 9.36 Å². The Labute approximate surface area is 174 Å². The third kappa shape index (κ3) is 3.54. The van der Waals surface area contributed by atoms with Crippen molar-refractivity contribution in [3.05, 3.63) is 64.6 Å². The molecule has 1 fully saturated rings. The molecule has 1 aliphatic heterocycles. The Morgan fingerprint density at radius 2 is 1.67 bits per heavy atom. The average molecular weight is 429 g/mol. The van der Waals surface area contributed by atoms with E-state index >= 15 is 0 Å². The number of hydrogen-bond acceptors (Lipinski definition) is 4. The maximum Gasteiger partial charge on any atom is 0.326 e. The van der Waals surface area contributed by atoms with Crippen molar-refractivity contribution in [3.8, 4) is 0 Å². The zero-order chi connectivity index (χ0) is 21.5. The number of nitrogens with zero attached hydrogens (tertiary/aromatic N) is 3. The van der Waals surface area contributed by atoms with Gasteiger partial charge in [-0.2, -0.15) is 0 Å². The number of likely N-dealkylation sites (tertiary alicyclic amines) is 1. The van der Waals surface area contributed by atoms with Gasteiger partial charge in [0.15, 0.2) is 0 Å². The molecule has 1 aliphatic rings. The summed E-state index contributed by atoms with van der Waals surface area (Å²) in [5.41, 5.74) is 2.02. The fourth-order valence-corrected chi connectivity index (χ4v) is 4.83. The second kappa shape index (κ2) is 7.73. The summed E-state index contributed by atoms with van der Waals surface area (Å²) >= 11 is 0. The molecule has 0 unspecified atom stereocenters. The molecule has 1 N–H and O–H groups in total. The number of nitrogens with one attached hydrogen (secondary N) is 1. The highest BCUT2D eigenvalue weighted by Crippen LogP contribution is 2.26. The van der Waals surface area contributed by atoms with Gasteiger partial charge in [0.05, 0.1) is 15.9 Å². The molecule has 3 aromatic rings. The number of carbonyl (C=O) groups is 1. The van der Waals surface area contributed by atoms with E-state index < -0.39 is 10.0 Å². The molecule has 30 heavy (non-hydrogen) atoms. The van der Waals surface area contributed by atoms with Crippen LogP contribution in [0.1, 0.15) is 29.2 Å². The standard InChI is InChI=1S/C21H24N4O4S/c1-23(2)30(28,29)17-9-7-15(8-10-17)20(26)24-13-11-16(12-14-24)25-19-6-4-3-5-18(19)22-21(25)27/h3-10,16H,11-14H2,1-2H3,(H,22,27). The van der Waals surface area contributed by atoms with Crippen LogP contribution in [-0.2, 0) is 10.0 Å². The van der Waals surface area contributed by atoms with Gasteiger partial charge in [-0.25, -0.2) is 17.5 Å². The number of rotatable bonds is 4. The summed E-state index contributed by atoms with van der Waals surface area (Å²) in [5, 5.41) is 0. The Hall–Kier alpha value is -2.91. The summed E-state index contributed by atoms with van der Waals surface area (Å²) < 4.78 is 27.3. The molecule has 1 aromatic heterocycles. The van der Waals surface area contributed by atoms with Crippen molar-refractivity contribution in [2.45, 2.75) is 23.8 Å². The summed E-state index contributed by atoms with van der Waals surface area (Å²) in [6.07, 6.45) is 1.36. The number of H-pyrrole nitrogens is 1. The van der Waals surface area contributed by atoms with Crippen LogP contribution >= 0.6 is 0 Å². The molecule has 4 rings (SSSR count). The van der Waals surface area contributed by atoms with Gasteiger partial charge in [-0.05, 0) is 49.2 Å². The number of piperidine rings is 1. The largest absolute Gasteiger partial charge is 0.338 e. The van der Waals surface area contributed by atoms with Crippen LogP contribution in [0.4, 0.5) is 0 Å². The SMILES string of the molecule is CN(C)S(=O)(=O)c1ccc(C(=O)N2CCC(n3c(=O)[nH]c4ccccc43)CC2)cc1. The van der Waals surface area contributed by atoms with Crippen molar-refractivity contribution in [2.75, 3.05) is 27.2 Å². The number of sulfonamides is 1. The van der Waals surface area contributed by atoms with Crippen molar-refractivity contribution >= 4 is 27.0 Å². The monoisotopic (exact) mass is 428 g/mol. The number of carbonyl (C=O) groups excluding carboxylic acids is 1. The number of imidazole rings is 1. The van der Waals surface area contributed by atoms with E-state index in [0.29, 0.717) is 31.5 Å².